The molecule has 1 rings (SSSR count). The van der Waals surface area contributed by atoms with Crippen molar-refractivity contribution in [2.45, 2.75) is 10.8 Å². The van der Waals surface area contributed by atoms with Crippen LogP contribution in [0.2, 0.25) is 0 Å². The average Bonchev–Trinajstić information content (AvgIpc) is 2.19. The third-order valence-electron chi connectivity index (χ3n) is 2.34. The van der Waals surface area contributed by atoms with E-state index < -0.39 is 21.7 Å². The summed E-state index contributed by atoms with van der Waals surface area (Å²) in [5.41, 5.74) is 5.30. The van der Waals surface area contributed by atoms with Crippen LogP contribution in [0.3, 0.4) is 0 Å². The van der Waals surface area contributed by atoms with Crippen LogP contribution in [0.5, 0.6) is 5.75 Å². The van der Waals surface area contributed by atoms with E-state index in [1.165, 1.54) is 6.07 Å². The topological polar surface area (TPSA) is 118 Å². The van der Waals surface area contributed by atoms with Gasteiger partial charge in [0, 0.05) is 18.4 Å². The van der Waals surface area contributed by atoms with E-state index in [0.29, 0.717) is 0 Å². The van der Waals surface area contributed by atoms with Gasteiger partial charge in [0.2, 0.25) is 0 Å². The number of hydrogen-bond acceptors (Lipinski definition) is 5. The van der Waals surface area contributed by atoms with Gasteiger partial charge in [-0.05, 0) is 18.2 Å². The molecule has 0 saturated heterocycles. The zero-order valence-corrected chi connectivity index (χ0v) is 9.94. The Hall–Kier alpha value is -1.60. The number of phenols is 1. The van der Waals surface area contributed by atoms with E-state index in [0.717, 1.165) is 18.4 Å². The normalized spacial score (nSPS) is 13.3. The third-order valence-corrected chi connectivity index (χ3v) is 3.45. The van der Waals surface area contributed by atoms with Crippen molar-refractivity contribution in [2.75, 3.05) is 12.8 Å². The monoisotopic (exact) mass is 259 g/mol. The zero-order chi connectivity index (χ0) is 13.2. The van der Waals surface area contributed by atoms with Gasteiger partial charge in [0.15, 0.2) is 9.84 Å². The van der Waals surface area contributed by atoms with Gasteiger partial charge in [0.25, 0.3) is 0 Å². The summed E-state index contributed by atoms with van der Waals surface area (Å²) >= 11 is 0. The van der Waals surface area contributed by atoms with Gasteiger partial charge in [0.1, 0.15) is 5.75 Å². The number of carbonyl (C=O) groups is 1. The predicted molar refractivity (Wildman–Crippen MR) is 60.6 cm³/mol. The second-order valence-corrected chi connectivity index (χ2v) is 5.64. The molecule has 6 nitrogen and oxygen atoms in total. The number of sulfone groups is 1. The molecule has 0 radical (unpaired) electrons. The minimum Gasteiger partial charge on any atom is -0.508 e. The Balaban J connectivity index is 3.38. The van der Waals surface area contributed by atoms with Gasteiger partial charge >= 0.3 is 5.97 Å². The highest BCUT2D eigenvalue weighted by molar-refractivity contribution is 7.90. The number of aliphatic carboxylic acids is 1. The van der Waals surface area contributed by atoms with Gasteiger partial charge < -0.3 is 15.9 Å². The van der Waals surface area contributed by atoms with Gasteiger partial charge in [-0.3, -0.25) is 4.79 Å². The van der Waals surface area contributed by atoms with Crippen LogP contribution in [0.1, 0.15) is 11.5 Å². The van der Waals surface area contributed by atoms with Gasteiger partial charge in [0.05, 0.1) is 10.8 Å². The van der Waals surface area contributed by atoms with Crippen molar-refractivity contribution in [1.82, 2.24) is 0 Å². The number of phenolic OH excluding ortho intramolecular Hbond substituents is 1. The van der Waals surface area contributed by atoms with Crippen LogP contribution >= 0.6 is 0 Å². The molecule has 0 amide bonds. The lowest BCUT2D eigenvalue weighted by Gasteiger charge is -2.13. The van der Waals surface area contributed by atoms with Crippen LogP contribution < -0.4 is 5.73 Å². The summed E-state index contributed by atoms with van der Waals surface area (Å²) in [5.74, 6) is -2.62. The molecule has 0 saturated carbocycles. The number of nitrogens with two attached hydrogens (primary N) is 1. The summed E-state index contributed by atoms with van der Waals surface area (Å²) in [6, 6.07) is 3.50. The fourth-order valence-corrected chi connectivity index (χ4v) is 2.06. The first-order valence-corrected chi connectivity index (χ1v) is 6.62. The third kappa shape index (κ3) is 2.95. The van der Waals surface area contributed by atoms with E-state index in [1.807, 2.05) is 0 Å². The summed E-state index contributed by atoms with van der Waals surface area (Å²) < 4.78 is 22.6. The molecule has 94 valence electrons. The Bertz CT molecular complexity index is 538. The Morgan fingerprint density at radius 3 is 2.47 bits per heavy atom. The molecule has 1 atom stereocenters. The predicted octanol–water partition coefficient (Wildman–Crippen LogP) is -0.0774. The molecule has 17 heavy (non-hydrogen) atoms. The molecule has 0 aliphatic carbocycles. The second-order valence-electron chi connectivity index (χ2n) is 3.62. The maximum atomic E-state index is 11.3. The van der Waals surface area contributed by atoms with Crippen molar-refractivity contribution < 1.29 is 23.4 Å². The van der Waals surface area contributed by atoms with E-state index in [2.05, 4.69) is 0 Å². The summed E-state index contributed by atoms with van der Waals surface area (Å²) in [4.78, 5) is 10.9. The van der Waals surface area contributed by atoms with Crippen molar-refractivity contribution in [3.63, 3.8) is 0 Å². The van der Waals surface area contributed by atoms with Crippen LogP contribution in [-0.4, -0.2) is 37.4 Å². The van der Waals surface area contributed by atoms with Crippen LogP contribution in [0.4, 0.5) is 0 Å². The standard InChI is InChI=1S/C10H13NO5S/c1-17(15,16)6-2-3-9(12)7(4-6)8(5-11)10(13)14/h2-4,8,12H,5,11H2,1H3,(H,13,14). The van der Waals surface area contributed by atoms with E-state index >= 15 is 0 Å². The first kappa shape index (κ1) is 13.5. The van der Waals surface area contributed by atoms with Crippen LogP contribution in [-0.2, 0) is 14.6 Å². The minimum atomic E-state index is -3.45. The van der Waals surface area contributed by atoms with E-state index in [1.54, 1.807) is 0 Å². The summed E-state index contributed by atoms with van der Waals surface area (Å²) in [6.07, 6.45) is 1.00. The highest BCUT2D eigenvalue weighted by Crippen LogP contribution is 2.28. The second kappa shape index (κ2) is 4.72. The largest absolute Gasteiger partial charge is 0.508 e. The molecular weight excluding hydrogens is 246 g/mol. The van der Waals surface area contributed by atoms with Crippen molar-refractivity contribution in [3.05, 3.63) is 23.8 Å². The van der Waals surface area contributed by atoms with Crippen molar-refractivity contribution >= 4 is 15.8 Å². The lowest BCUT2D eigenvalue weighted by atomic mass is 9.98. The Morgan fingerprint density at radius 2 is 2.06 bits per heavy atom. The van der Waals surface area contributed by atoms with E-state index in [-0.39, 0.29) is 22.8 Å². The molecule has 7 heteroatoms. The lowest BCUT2D eigenvalue weighted by Crippen LogP contribution is -2.21. The highest BCUT2D eigenvalue weighted by atomic mass is 32.2. The Morgan fingerprint density at radius 1 is 1.47 bits per heavy atom. The van der Waals surface area contributed by atoms with Gasteiger partial charge in [-0.1, -0.05) is 0 Å². The molecule has 1 aromatic carbocycles. The molecule has 1 aromatic rings. The molecule has 0 aliphatic heterocycles. The quantitative estimate of drug-likeness (QED) is 0.696. The number of rotatable bonds is 4. The molecule has 0 bridgehead atoms. The Labute approximate surface area is 98.6 Å². The van der Waals surface area contributed by atoms with E-state index in [4.69, 9.17) is 10.8 Å². The maximum absolute atomic E-state index is 11.3. The highest BCUT2D eigenvalue weighted by Gasteiger charge is 2.23. The van der Waals surface area contributed by atoms with Crippen LogP contribution in [0.15, 0.2) is 23.1 Å². The molecule has 4 N–H and O–H groups in total. The zero-order valence-electron chi connectivity index (χ0n) is 9.12. The molecule has 0 fully saturated rings. The molecule has 1 unspecified atom stereocenters. The summed E-state index contributed by atoms with van der Waals surface area (Å²) in [5, 5.41) is 18.4. The minimum absolute atomic E-state index is 0.00271. The van der Waals surface area contributed by atoms with Crippen molar-refractivity contribution in [3.8, 4) is 5.75 Å². The number of benzene rings is 1. The summed E-state index contributed by atoms with van der Waals surface area (Å²) in [6.45, 7) is -0.226. The molecule has 0 aliphatic rings. The molecule has 0 aromatic heterocycles. The van der Waals surface area contributed by atoms with E-state index in [9.17, 15) is 18.3 Å². The average molecular weight is 259 g/mol. The first-order chi connectivity index (χ1) is 7.77. The van der Waals surface area contributed by atoms with Crippen molar-refractivity contribution in [2.24, 2.45) is 5.73 Å². The number of carboxylic acid groups (broad SMARTS) is 1. The molecular formula is C10H13NO5S. The van der Waals surface area contributed by atoms with Crippen LogP contribution in [0.25, 0.3) is 0 Å². The van der Waals surface area contributed by atoms with Gasteiger partial charge in [-0.2, -0.15) is 0 Å². The maximum Gasteiger partial charge on any atom is 0.312 e. The smallest absolute Gasteiger partial charge is 0.312 e. The SMILES string of the molecule is CS(=O)(=O)c1ccc(O)c(C(CN)C(=O)O)c1. The number of carboxylic acids is 1. The number of aromatic hydroxyl groups is 1. The first-order valence-electron chi connectivity index (χ1n) is 4.73. The van der Waals surface area contributed by atoms with Gasteiger partial charge in [-0.25, -0.2) is 8.42 Å². The summed E-state index contributed by atoms with van der Waals surface area (Å²) in [7, 11) is -3.45. The molecule has 0 spiro atoms. The fourth-order valence-electron chi connectivity index (χ4n) is 1.40. The Kier molecular flexibility index (Phi) is 3.74. The fraction of sp³-hybridized carbons (Fsp3) is 0.300. The molecule has 0 heterocycles. The lowest BCUT2D eigenvalue weighted by molar-refractivity contribution is -0.138. The van der Waals surface area contributed by atoms with Gasteiger partial charge in [-0.15, -0.1) is 0 Å². The number of hydrogen-bond donors (Lipinski definition) is 3. The van der Waals surface area contributed by atoms with Crippen molar-refractivity contribution in [1.29, 1.82) is 0 Å². The van der Waals surface area contributed by atoms with Crippen LogP contribution in [0, 0.1) is 0 Å².